The molecule has 2 N–H and O–H groups in total. The van der Waals surface area contributed by atoms with Crippen LogP contribution in [-0.4, -0.2) is 42.4 Å². The number of nitrogens with one attached hydrogen (secondary N) is 1. The Balaban J connectivity index is 1.83. The van der Waals surface area contributed by atoms with Gasteiger partial charge in [-0.25, -0.2) is 0 Å². The Kier molecular flexibility index (Phi) is 3.27. The molecule has 1 atom stereocenters. The van der Waals surface area contributed by atoms with Crippen LogP contribution in [0.15, 0.2) is 18.5 Å². The minimum Gasteiger partial charge on any atom is -0.390 e. The number of hydrogen-bond acceptors (Lipinski definition) is 4. The standard InChI is InChI=1S/C13H17N5O2/c1-17-7-9(6-14-17)13(20)18-4-2-3-12(18)11-5-10(8-19)15-16-11/h5-7,12,19H,2-4,8H2,1H3,(H,15,16)/t12-/m0/s1. The Morgan fingerprint density at radius 3 is 3.10 bits per heavy atom. The van der Waals surface area contributed by atoms with Gasteiger partial charge in [0, 0.05) is 19.8 Å². The van der Waals surface area contributed by atoms with Gasteiger partial charge in [-0.15, -0.1) is 0 Å². The van der Waals surface area contributed by atoms with Crippen molar-refractivity contribution in [3.8, 4) is 0 Å². The van der Waals surface area contributed by atoms with Crippen LogP contribution in [0.25, 0.3) is 0 Å². The summed E-state index contributed by atoms with van der Waals surface area (Å²) in [5.74, 6) is -0.0193. The van der Waals surface area contributed by atoms with Gasteiger partial charge in [0.25, 0.3) is 5.91 Å². The molecule has 2 aromatic heterocycles. The molecule has 1 aliphatic rings. The highest BCUT2D eigenvalue weighted by molar-refractivity contribution is 5.94. The minimum atomic E-state index is -0.0731. The monoisotopic (exact) mass is 275 g/mol. The number of nitrogens with zero attached hydrogens (tertiary/aromatic N) is 4. The first kappa shape index (κ1) is 12.9. The number of aryl methyl sites for hydroxylation is 1. The topological polar surface area (TPSA) is 87.0 Å². The van der Waals surface area contributed by atoms with Crippen molar-refractivity contribution in [2.75, 3.05) is 6.54 Å². The van der Waals surface area contributed by atoms with E-state index in [9.17, 15) is 4.79 Å². The van der Waals surface area contributed by atoms with Crippen LogP contribution in [0.4, 0.5) is 0 Å². The molecule has 106 valence electrons. The van der Waals surface area contributed by atoms with Crippen molar-refractivity contribution in [3.63, 3.8) is 0 Å². The van der Waals surface area contributed by atoms with Gasteiger partial charge in [0.05, 0.1) is 35.8 Å². The molecule has 7 heteroatoms. The molecular weight excluding hydrogens is 258 g/mol. The molecule has 0 saturated carbocycles. The number of aliphatic hydroxyl groups excluding tert-OH is 1. The van der Waals surface area contributed by atoms with E-state index >= 15 is 0 Å². The molecule has 1 saturated heterocycles. The van der Waals surface area contributed by atoms with Crippen LogP contribution in [0.1, 0.15) is 40.6 Å². The molecular formula is C13H17N5O2. The van der Waals surface area contributed by atoms with Crippen LogP contribution in [-0.2, 0) is 13.7 Å². The number of aliphatic hydroxyl groups is 1. The summed E-state index contributed by atoms with van der Waals surface area (Å²) in [6, 6.07) is 1.79. The van der Waals surface area contributed by atoms with Crippen LogP contribution in [0, 0.1) is 0 Å². The highest BCUT2D eigenvalue weighted by Gasteiger charge is 2.32. The maximum Gasteiger partial charge on any atom is 0.257 e. The molecule has 0 spiro atoms. The second-order valence-electron chi connectivity index (χ2n) is 5.04. The van der Waals surface area contributed by atoms with E-state index in [2.05, 4.69) is 15.3 Å². The van der Waals surface area contributed by atoms with Crippen molar-refractivity contribution < 1.29 is 9.90 Å². The number of aromatic amines is 1. The smallest absolute Gasteiger partial charge is 0.257 e. The average Bonchev–Trinajstić information content (AvgIpc) is 3.17. The first-order valence-corrected chi connectivity index (χ1v) is 6.63. The van der Waals surface area contributed by atoms with Gasteiger partial charge >= 0.3 is 0 Å². The zero-order valence-electron chi connectivity index (χ0n) is 11.3. The summed E-state index contributed by atoms with van der Waals surface area (Å²) < 4.78 is 1.62. The van der Waals surface area contributed by atoms with Gasteiger partial charge in [0.1, 0.15) is 0 Å². The number of rotatable bonds is 3. The third-order valence-electron chi connectivity index (χ3n) is 3.63. The van der Waals surface area contributed by atoms with Gasteiger partial charge in [0.2, 0.25) is 0 Å². The van der Waals surface area contributed by atoms with E-state index in [1.165, 1.54) is 0 Å². The number of H-pyrrole nitrogens is 1. The summed E-state index contributed by atoms with van der Waals surface area (Å²) in [7, 11) is 1.79. The molecule has 3 heterocycles. The lowest BCUT2D eigenvalue weighted by molar-refractivity contribution is 0.0733. The zero-order chi connectivity index (χ0) is 14.1. The molecule has 7 nitrogen and oxygen atoms in total. The summed E-state index contributed by atoms with van der Waals surface area (Å²) in [6.45, 7) is 0.649. The molecule has 2 aromatic rings. The van der Waals surface area contributed by atoms with E-state index in [1.54, 1.807) is 24.1 Å². The lowest BCUT2D eigenvalue weighted by Gasteiger charge is -2.22. The number of likely N-dealkylation sites (tertiary alicyclic amines) is 1. The van der Waals surface area contributed by atoms with E-state index in [4.69, 9.17) is 5.11 Å². The van der Waals surface area contributed by atoms with Gasteiger partial charge in [-0.2, -0.15) is 10.2 Å². The van der Waals surface area contributed by atoms with Gasteiger partial charge in [-0.05, 0) is 18.9 Å². The van der Waals surface area contributed by atoms with Crippen molar-refractivity contribution in [3.05, 3.63) is 35.4 Å². The Morgan fingerprint density at radius 1 is 1.60 bits per heavy atom. The Labute approximate surface area is 116 Å². The predicted octanol–water partition coefficient (Wildman–Crippen LogP) is 0.613. The number of hydrogen-bond donors (Lipinski definition) is 2. The van der Waals surface area contributed by atoms with Crippen LogP contribution in [0.3, 0.4) is 0 Å². The van der Waals surface area contributed by atoms with E-state index in [0.29, 0.717) is 11.3 Å². The third kappa shape index (κ3) is 2.20. The number of carbonyl (C=O) groups excluding carboxylic acids is 1. The molecule has 0 aliphatic carbocycles. The first-order chi connectivity index (χ1) is 9.69. The van der Waals surface area contributed by atoms with Crippen molar-refractivity contribution in [1.82, 2.24) is 24.9 Å². The van der Waals surface area contributed by atoms with E-state index in [0.717, 1.165) is 25.1 Å². The second-order valence-corrected chi connectivity index (χ2v) is 5.04. The lowest BCUT2D eigenvalue weighted by atomic mass is 10.1. The van der Waals surface area contributed by atoms with Crippen molar-refractivity contribution in [1.29, 1.82) is 0 Å². The molecule has 0 unspecified atom stereocenters. The largest absolute Gasteiger partial charge is 0.390 e. The normalized spacial score (nSPS) is 18.7. The van der Waals surface area contributed by atoms with Gasteiger partial charge in [-0.3, -0.25) is 14.6 Å². The first-order valence-electron chi connectivity index (χ1n) is 6.63. The van der Waals surface area contributed by atoms with Gasteiger partial charge < -0.3 is 10.0 Å². The van der Waals surface area contributed by atoms with Gasteiger partial charge in [0.15, 0.2) is 0 Å². The summed E-state index contributed by atoms with van der Waals surface area (Å²) in [4.78, 5) is 14.3. The molecule has 0 aromatic carbocycles. The van der Waals surface area contributed by atoms with Crippen molar-refractivity contribution >= 4 is 5.91 Å². The Bertz CT molecular complexity index is 618. The highest BCUT2D eigenvalue weighted by atomic mass is 16.3. The molecule has 3 rings (SSSR count). The summed E-state index contributed by atoms with van der Waals surface area (Å²) in [5.41, 5.74) is 2.07. The molecule has 1 amide bonds. The van der Waals surface area contributed by atoms with Crippen LogP contribution in [0.5, 0.6) is 0 Å². The van der Waals surface area contributed by atoms with E-state index < -0.39 is 0 Å². The summed E-state index contributed by atoms with van der Waals surface area (Å²) in [6.07, 6.45) is 5.16. The third-order valence-corrected chi connectivity index (χ3v) is 3.63. The Hall–Kier alpha value is -2.15. The van der Waals surface area contributed by atoms with Crippen LogP contribution >= 0.6 is 0 Å². The Morgan fingerprint density at radius 2 is 2.45 bits per heavy atom. The molecule has 1 aliphatic heterocycles. The molecule has 0 bridgehead atoms. The number of carbonyl (C=O) groups is 1. The van der Waals surface area contributed by atoms with E-state index in [1.807, 2.05) is 11.0 Å². The van der Waals surface area contributed by atoms with Crippen molar-refractivity contribution in [2.45, 2.75) is 25.5 Å². The molecule has 20 heavy (non-hydrogen) atoms. The fraction of sp³-hybridized carbons (Fsp3) is 0.462. The van der Waals surface area contributed by atoms with Crippen LogP contribution in [0.2, 0.25) is 0 Å². The predicted molar refractivity (Wildman–Crippen MR) is 70.7 cm³/mol. The maximum absolute atomic E-state index is 12.5. The average molecular weight is 275 g/mol. The fourth-order valence-corrected chi connectivity index (χ4v) is 2.65. The highest BCUT2D eigenvalue weighted by Crippen LogP contribution is 2.32. The van der Waals surface area contributed by atoms with Crippen LogP contribution < -0.4 is 0 Å². The maximum atomic E-state index is 12.5. The van der Waals surface area contributed by atoms with Crippen molar-refractivity contribution in [2.24, 2.45) is 7.05 Å². The summed E-state index contributed by atoms with van der Waals surface area (Å²) >= 11 is 0. The van der Waals surface area contributed by atoms with Gasteiger partial charge in [-0.1, -0.05) is 0 Å². The van der Waals surface area contributed by atoms with E-state index in [-0.39, 0.29) is 18.6 Å². The number of amides is 1. The fourth-order valence-electron chi connectivity index (χ4n) is 2.65. The zero-order valence-corrected chi connectivity index (χ0v) is 11.3. The lowest BCUT2D eigenvalue weighted by Crippen LogP contribution is -2.30. The number of aromatic nitrogens is 4. The summed E-state index contributed by atoms with van der Waals surface area (Å²) in [5, 5.41) is 20.1. The molecule has 1 fully saturated rings. The second kappa shape index (κ2) is 5.09. The minimum absolute atomic E-state index is 0.0193. The SMILES string of the molecule is Cn1cc(C(=O)N2CCC[C@H]2c2cc(CO)[nH]n2)cn1. The quantitative estimate of drug-likeness (QED) is 0.859. The molecule has 0 radical (unpaired) electrons.